The lowest BCUT2D eigenvalue weighted by molar-refractivity contribution is 0.0950. The van der Waals surface area contributed by atoms with E-state index in [-0.39, 0.29) is 23.0 Å². The summed E-state index contributed by atoms with van der Waals surface area (Å²) in [5.74, 6) is -0.964. The Morgan fingerprint density at radius 1 is 1.10 bits per heavy atom. The normalized spacial score (nSPS) is 9.75. The van der Waals surface area contributed by atoms with Gasteiger partial charge in [0.15, 0.2) is 11.5 Å². The van der Waals surface area contributed by atoms with Crippen molar-refractivity contribution in [2.45, 2.75) is 6.54 Å². The lowest BCUT2D eigenvalue weighted by atomic mass is 10.1. The Morgan fingerprint density at radius 2 is 1.80 bits per heavy atom. The van der Waals surface area contributed by atoms with E-state index in [1.165, 1.54) is 18.2 Å². The van der Waals surface area contributed by atoms with Crippen molar-refractivity contribution in [1.29, 1.82) is 5.26 Å². The van der Waals surface area contributed by atoms with Gasteiger partial charge in [0.05, 0.1) is 11.6 Å². The third kappa shape index (κ3) is 3.06. The molecule has 0 unspecified atom stereocenters. The number of rotatable bonds is 3. The number of benzene rings is 2. The average Bonchev–Trinajstić information content (AvgIpc) is 2.48. The van der Waals surface area contributed by atoms with Gasteiger partial charge >= 0.3 is 0 Å². The minimum absolute atomic E-state index is 0.258. The molecule has 5 heteroatoms. The number of amides is 1. The molecule has 5 nitrogen and oxygen atoms in total. The minimum Gasteiger partial charge on any atom is -0.504 e. The van der Waals surface area contributed by atoms with E-state index < -0.39 is 0 Å². The highest BCUT2D eigenvalue weighted by atomic mass is 16.3. The van der Waals surface area contributed by atoms with Gasteiger partial charge in [-0.3, -0.25) is 4.79 Å². The molecule has 0 radical (unpaired) electrons. The topological polar surface area (TPSA) is 93.4 Å². The first kappa shape index (κ1) is 13.4. The van der Waals surface area contributed by atoms with Crippen LogP contribution in [0.1, 0.15) is 21.5 Å². The second-order valence-electron chi connectivity index (χ2n) is 4.19. The fourth-order valence-corrected chi connectivity index (χ4v) is 1.65. The molecule has 0 aliphatic carbocycles. The molecular weight excluding hydrogens is 256 g/mol. The smallest absolute Gasteiger partial charge is 0.251 e. The van der Waals surface area contributed by atoms with Gasteiger partial charge in [-0.25, -0.2) is 0 Å². The van der Waals surface area contributed by atoms with Gasteiger partial charge in [0.25, 0.3) is 5.91 Å². The quantitative estimate of drug-likeness (QED) is 0.741. The fourth-order valence-electron chi connectivity index (χ4n) is 1.65. The molecular formula is C15H12N2O3. The summed E-state index contributed by atoms with van der Waals surface area (Å²) in [6.45, 7) is 0.312. The van der Waals surface area contributed by atoms with Crippen LogP contribution in [-0.2, 0) is 6.54 Å². The largest absolute Gasteiger partial charge is 0.504 e. The van der Waals surface area contributed by atoms with Gasteiger partial charge < -0.3 is 15.5 Å². The first-order chi connectivity index (χ1) is 9.60. The average molecular weight is 268 g/mol. The third-order valence-electron chi connectivity index (χ3n) is 2.77. The second kappa shape index (κ2) is 5.76. The third-order valence-corrected chi connectivity index (χ3v) is 2.77. The number of nitriles is 1. The maximum absolute atomic E-state index is 11.8. The van der Waals surface area contributed by atoms with E-state index >= 15 is 0 Å². The Labute approximate surface area is 115 Å². The maximum atomic E-state index is 11.8. The summed E-state index contributed by atoms with van der Waals surface area (Å²) >= 11 is 0. The van der Waals surface area contributed by atoms with E-state index in [0.717, 1.165) is 5.56 Å². The summed E-state index contributed by atoms with van der Waals surface area (Å²) in [5.41, 5.74) is 1.68. The van der Waals surface area contributed by atoms with Gasteiger partial charge in [-0.2, -0.15) is 5.26 Å². The lowest BCUT2D eigenvalue weighted by Crippen LogP contribution is -2.22. The number of hydrogen-bond donors (Lipinski definition) is 3. The zero-order valence-corrected chi connectivity index (χ0v) is 10.5. The van der Waals surface area contributed by atoms with Crippen LogP contribution in [0.15, 0.2) is 42.5 Å². The number of nitrogens with zero attached hydrogens (tertiary/aromatic N) is 1. The summed E-state index contributed by atoms with van der Waals surface area (Å²) in [4.78, 5) is 11.8. The van der Waals surface area contributed by atoms with Crippen LogP contribution < -0.4 is 5.32 Å². The molecule has 0 heterocycles. The van der Waals surface area contributed by atoms with Gasteiger partial charge in [-0.1, -0.05) is 12.1 Å². The Bertz CT molecular complexity index is 673. The summed E-state index contributed by atoms with van der Waals surface area (Å²) in [7, 11) is 0. The highest BCUT2D eigenvalue weighted by Crippen LogP contribution is 2.24. The predicted octanol–water partition coefficient (Wildman–Crippen LogP) is 1.90. The van der Waals surface area contributed by atoms with Crippen molar-refractivity contribution in [1.82, 2.24) is 5.32 Å². The molecule has 0 aromatic heterocycles. The number of hydrogen-bond acceptors (Lipinski definition) is 4. The van der Waals surface area contributed by atoms with Crippen LogP contribution in [0.2, 0.25) is 0 Å². The molecule has 20 heavy (non-hydrogen) atoms. The van der Waals surface area contributed by atoms with Crippen molar-refractivity contribution in [3.05, 3.63) is 59.2 Å². The van der Waals surface area contributed by atoms with Crippen LogP contribution in [-0.4, -0.2) is 16.1 Å². The summed E-state index contributed by atoms with van der Waals surface area (Å²) in [6, 6.07) is 12.8. The number of nitrogens with one attached hydrogen (secondary N) is 1. The lowest BCUT2D eigenvalue weighted by Gasteiger charge is -2.06. The predicted molar refractivity (Wildman–Crippen MR) is 72.1 cm³/mol. The van der Waals surface area contributed by atoms with Gasteiger partial charge in [-0.15, -0.1) is 0 Å². The second-order valence-corrected chi connectivity index (χ2v) is 4.19. The van der Waals surface area contributed by atoms with Crippen LogP contribution in [0.4, 0.5) is 0 Å². The van der Waals surface area contributed by atoms with Gasteiger partial charge in [0, 0.05) is 12.1 Å². The minimum atomic E-state index is -0.357. The van der Waals surface area contributed by atoms with E-state index in [0.29, 0.717) is 12.1 Å². The molecule has 1 amide bonds. The van der Waals surface area contributed by atoms with Crippen LogP contribution in [0, 0.1) is 11.3 Å². The summed E-state index contributed by atoms with van der Waals surface area (Å²) in [5, 5.41) is 29.9. The van der Waals surface area contributed by atoms with E-state index in [4.69, 9.17) is 5.26 Å². The molecule has 0 saturated carbocycles. The van der Waals surface area contributed by atoms with Crippen molar-refractivity contribution in [3.8, 4) is 17.6 Å². The van der Waals surface area contributed by atoms with Crippen molar-refractivity contribution in [2.75, 3.05) is 0 Å². The van der Waals surface area contributed by atoms with Crippen LogP contribution in [0.3, 0.4) is 0 Å². The number of phenolic OH excluding ortho intramolecular Hbond substituents is 2. The first-order valence-electron chi connectivity index (χ1n) is 5.89. The molecule has 0 fully saturated rings. The van der Waals surface area contributed by atoms with E-state index in [1.54, 1.807) is 24.3 Å². The molecule has 0 aliphatic heterocycles. The molecule has 0 saturated heterocycles. The highest BCUT2D eigenvalue weighted by molar-refractivity contribution is 5.94. The molecule has 0 spiro atoms. The molecule has 0 bridgehead atoms. The van der Waals surface area contributed by atoms with Crippen molar-refractivity contribution >= 4 is 5.91 Å². The Kier molecular flexibility index (Phi) is 3.87. The van der Waals surface area contributed by atoms with E-state index in [2.05, 4.69) is 5.32 Å². The van der Waals surface area contributed by atoms with Gasteiger partial charge in [0.1, 0.15) is 0 Å². The number of aromatic hydroxyl groups is 2. The Morgan fingerprint density at radius 3 is 2.40 bits per heavy atom. The molecule has 2 aromatic carbocycles. The zero-order chi connectivity index (χ0) is 14.5. The van der Waals surface area contributed by atoms with E-state index in [9.17, 15) is 15.0 Å². The Hall–Kier alpha value is -3.00. The molecule has 2 aromatic rings. The van der Waals surface area contributed by atoms with Crippen LogP contribution in [0.5, 0.6) is 11.5 Å². The molecule has 0 aliphatic rings. The van der Waals surface area contributed by atoms with Gasteiger partial charge in [0.2, 0.25) is 0 Å². The molecule has 0 atom stereocenters. The summed E-state index contributed by atoms with van der Waals surface area (Å²) < 4.78 is 0. The first-order valence-corrected chi connectivity index (χ1v) is 5.89. The number of carbonyl (C=O) groups excluding carboxylic acids is 1. The molecule has 100 valence electrons. The van der Waals surface area contributed by atoms with Crippen molar-refractivity contribution in [3.63, 3.8) is 0 Å². The maximum Gasteiger partial charge on any atom is 0.251 e. The number of carbonyl (C=O) groups is 1. The molecule has 3 N–H and O–H groups in total. The standard InChI is InChI=1S/C15H12N2O3/c16-8-10-1-3-11(4-2-10)9-17-15(20)12-5-6-13(18)14(19)7-12/h1-7,18-19H,9H2,(H,17,20). The number of phenols is 2. The van der Waals surface area contributed by atoms with Crippen LogP contribution in [0.25, 0.3) is 0 Å². The Balaban J connectivity index is 2.01. The van der Waals surface area contributed by atoms with Crippen LogP contribution >= 0.6 is 0 Å². The van der Waals surface area contributed by atoms with E-state index in [1.807, 2.05) is 6.07 Å². The SMILES string of the molecule is N#Cc1ccc(CNC(=O)c2ccc(O)c(O)c2)cc1. The fraction of sp³-hybridized carbons (Fsp3) is 0.0667. The monoisotopic (exact) mass is 268 g/mol. The molecule has 2 rings (SSSR count). The summed E-state index contributed by atoms with van der Waals surface area (Å²) in [6.07, 6.45) is 0. The zero-order valence-electron chi connectivity index (χ0n) is 10.5. The van der Waals surface area contributed by atoms with Gasteiger partial charge in [-0.05, 0) is 35.9 Å². The highest BCUT2D eigenvalue weighted by Gasteiger charge is 2.08. The van der Waals surface area contributed by atoms with Crippen molar-refractivity contribution in [2.24, 2.45) is 0 Å². The van der Waals surface area contributed by atoms with Crippen molar-refractivity contribution < 1.29 is 15.0 Å².